The molecule has 1 N–H and O–H groups in total. The minimum atomic E-state index is -0.218. The van der Waals surface area contributed by atoms with Crippen molar-refractivity contribution in [3.8, 4) is 11.5 Å². The van der Waals surface area contributed by atoms with Gasteiger partial charge >= 0.3 is 5.97 Å². The van der Waals surface area contributed by atoms with Crippen LogP contribution in [0, 0.1) is 0 Å². The molecular weight excluding hydrogens is 492 g/mol. The van der Waals surface area contributed by atoms with Gasteiger partial charge in [0.2, 0.25) is 0 Å². The number of ether oxygens (including phenoxy) is 3. The van der Waals surface area contributed by atoms with Crippen LogP contribution in [-0.2, 0) is 9.53 Å². The first-order valence-electron chi connectivity index (χ1n) is 14.8. The molecule has 0 atom stereocenters. The number of nitrogens with one attached hydrogen (secondary N) is 1. The molecule has 4 rings (SSSR count). The van der Waals surface area contributed by atoms with E-state index < -0.39 is 0 Å². The van der Waals surface area contributed by atoms with Gasteiger partial charge in [0, 0.05) is 42.6 Å². The lowest BCUT2D eigenvalue weighted by Gasteiger charge is -2.21. The Morgan fingerprint density at radius 2 is 1.67 bits per heavy atom. The molecule has 212 valence electrons. The van der Waals surface area contributed by atoms with Crippen LogP contribution in [0.1, 0.15) is 101 Å². The highest BCUT2D eigenvalue weighted by Crippen LogP contribution is 2.44. The minimum absolute atomic E-state index is 0.117. The Hall–Kier alpha value is -3.22. The molecule has 0 radical (unpaired) electrons. The maximum atomic E-state index is 13.1. The van der Waals surface area contributed by atoms with Gasteiger partial charge in [0.15, 0.2) is 0 Å². The van der Waals surface area contributed by atoms with E-state index in [1.165, 1.54) is 38.5 Å². The Morgan fingerprint density at radius 3 is 2.36 bits per heavy atom. The second-order valence-corrected chi connectivity index (χ2v) is 10.4. The number of amides is 1. The van der Waals surface area contributed by atoms with E-state index in [9.17, 15) is 9.59 Å². The zero-order chi connectivity index (χ0) is 27.6. The summed E-state index contributed by atoms with van der Waals surface area (Å²) in [6, 6.07) is 10.4. The van der Waals surface area contributed by atoms with Crippen LogP contribution in [0.5, 0.6) is 11.5 Å². The molecule has 1 aromatic heterocycles. The summed E-state index contributed by atoms with van der Waals surface area (Å²) in [5.74, 6) is 1.11. The average molecular weight is 537 g/mol. The number of esters is 1. The van der Waals surface area contributed by atoms with Crippen LogP contribution in [0.3, 0.4) is 0 Å². The average Bonchev–Trinajstić information content (AvgIpc) is 3.34. The molecule has 7 heteroatoms. The fourth-order valence-corrected chi connectivity index (χ4v) is 5.79. The molecule has 0 spiro atoms. The van der Waals surface area contributed by atoms with Crippen molar-refractivity contribution >= 4 is 33.7 Å². The zero-order valence-electron chi connectivity index (χ0n) is 23.9. The van der Waals surface area contributed by atoms with Crippen molar-refractivity contribution in [3.05, 3.63) is 35.9 Å². The molecule has 0 aliphatic heterocycles. The number of benzene rings is 2. The van der Waals surface area contributed by atoms with Gasteiger partial charge in [-0.3, -0.25) is 9.59 Å². The Bertz CT molecular complexity index is 1250. The van der Waals surface area contributed by atoms with Crippen LogP contribution in [-0.4, -0.2) is 43.3 Å². The van der Waals surface area contributed by atoms with Gasteiger partial charge in [-0.2, -0.15) is 0 Å². The molecule has 1 amide bonds. The maximum absolute atomic E-state index is 13.1. The SMILES string of the molecule is CCCOc1cc(OCCCC(=O)OCC)c2c3c(C(=O)NC)cccc3n(C3CCCCCCCC3)c2c1. The standard InChI is InChI=1S/C32H44N2O5/c1-4-19-38-24-21-27-31(28(22-24)39-20-13-18-29(35)37-5-2)30-25(32(36)33-3)16-12-17-26(30)34(27)23-14-10-8-6-7-9-11-15-23/h12,16-17,21-23H,4-11,13-15,18-20H2,1-3H3,(H,33,36). The van der Waals surface area contributed by atoms with Gasteiger partial charge in [-0.15, -0.1) is 0 Å². The summed E-state index contributed by atoms with van der Waals surface area (Å²) < 4.78 is 20.0. The highest BCUT2D eigenvalue weighted by Gasteiger charge is 2.25. The van der Waals surface area contributed by atoms with Crippen molar-refractivity contribution < 1.29 is 23.8 Å². The predicted octanol–water partition coefficient (Wildman–Crippen LogP) is 7.34. The first-order chi connectivity index (χ1) is 19.1. The van der Waals surface area contributed by atoms with Crippen molar-refractivity contribution in [1.82, 2.24) is 9.88 Å². The molecule has 1 fully saturated rings. The first-order valence-corrected chi connectivity index (χ1v) is 14.8. The number of carbonyl (C=O) groups is 2. The number of aromatic nitrogens is 1. The fraction of sp³-hybridized carbons (Fsp3) is 0.562. The summed E-state index contributed by atoms with van der Waals surface area (Å²) in [5.41, 5.74) is 2.74. The van der Waals surface area contributed by atoms with Crippen LogP contribution in [0.15, 0.2) is 30.3 Å². The highest BCUT2D eigenvalue weighted by molar-refractivity contribution is 6.20. The summed E-state index contributed by atoms with van der Waals surface area (Å²) in [7, 11) is 1.67. The number of hydrogen-bond donors (Lipinski definition) is 1. The number of hydrogen-bond acceptors (Lipinski definition) is 5. The summed E-state index contributed by atoms with van der Waals surface area (Å²) in [4.78, 5) is 25.0. The molecule has 1 aliphatic carbocycles. The van der Waals surface area contributed by atoms with Crippen molar-refractivity contribution in [2.45, 2.75) is 90.5 Å². The van der Waals surface area contributed by atoms with Crippen molar-refractivity contribution in [2.75, 3.05) is 26.9 Å². The van der Waals surface area contributed by atoms with E-state index in [1.807, 2.05) is 25.1 Å². The Labute approximate surface area is 232 Å². The maximum Gasteiger partial charge on any atom is 0.305 e. The second-order valence-electron chi connectivity index (χ2n) is 10.4. The Balaban J connectivity index is 1.87. The molecule has 1 aliphatic rings. The van der Waals surface area contributed by atoms with Crippen molar-refractivity contribution in [2.24, 2.45) is 0 Å². The molecule has 0 unspecified atom stereocenters. The smallest absolute Gasteiger partial charge is 0.305 e. The molecule has 1 heterocycles. The largest absolute Gasteiger partial charge is 0.493 e. The van der Waals surface area contributed by atoms with Gasteiger partial charge in [-0.05, 0) is 44.7 Å². The van der Waals surface area contributed by atoms with E-state index >= 15 is 0 Å². The molecular formula is C32H44N2O5. The van der Waals surface area contributed by atoms with Gasteiger partial charge in [0.1, 0.15) is 11.5 Å². The van der Waals surface area contributed by atoms with Gasteiger partial charge in [0.05, 0.1) is 36.2 Å². The molecule has 7 nitrogen and oxygen atoms in total. The number of fused-ring (bicyclic) bond motifs is 3. The monoisotopic (exact) mass is 536 g/mol. The summed E-state index contributed by atoms with van der Waals surface area (Å²) in [6.45, 7) is 5.25. The zero-order valence-corrected chi connectivity index (χ0v) is 23.9. The van der Waals surface area contributed by atoms with E-state index in [4.69, 9.17) is 14.2 Å². The van der Waals surface area contributed by atoms with Crippen LogP contribution in [0.4, 0.5) is 0 Å². The van der Waals surface area contributed by atoms with Crippen molar-refractivity contribution in [3.63, 3.8) is 0 Å². The summed E-state index contributed by atoms with van der Waals surface area (Å²) in [6.07, 6.45) is 11.5. The topological polar surface area (TPSA) is 78.8 Å². The van der Waals surface area contributed by atoms with Crippen molar-refractivity contribution in [1.29, 1.82) is 0 Å². The fourth-order valence-electron chi connectivity index (χ4n) is 5.79. The third kappa shape index (κ3) is 6.87. The first kappa shape index (κ1) is 28.8. The van der Waals surface area contributed by atoms with Crippen LogP contribution >= 0.6 is 0 Å². The van der Waals surface area contributed by atoms with Crippen LogP contribution < -0.4 is 14.8 Å². The van der Waals surface area contributed by atoms with Crippen LogP contribution in [0.2, 0.25) is 0 Å². The quantitative estimate of drug-likeness (QED) is 0.205. The predicted molar refractivity (Wildman–Crippen MR) is 156 cm³/mol. The van der Waals surface area contributed by atoms with E-state index in [0.29, 0.717) is 50.0 Å². The van der Waals surface area contributed by atoms with E-state index in [0.717, 1.165) is 46.8 Å². The van der Waals surface area contributed by atoms with Crippen LogP contribution in [0.25, 0.3) is 21.8 Å². The molecule has 0 bridgehead atoms. The second kappa shape index (κ2) is 14.2. The third-order valence-electron chi connectivity index (χ3n) is 7.59. The number of rotatable bonds is 11. The molecule has 3 aromatic rings. The molecule has 0 saturated heterocycles. The van der Waals surface area contributed by atoms with E-state index in [-0.39, 0.29) is 11.9 Å². The molecule has 1 saturated carbocycles. The summed E-state index contributed by atoms with van der Waals surface area (Å²) >= 11 is 0. The van der Waals surface area contributed by atoms with E-state index in [1.54, 1.807) is 7.05 Å². The minimum Gasteiger partial charge on any atom is -0.493 e. The third-order valence-corrected chi connectivity index (χ3v) is 7.59. The van der Waals surface area contributed by atoms with Gasteiger partial charge in [-0.1, -0.05) is 51.5 Å². The Kier molecular flexibility index (Phi) is 10.5. The molecule has 39 heavy (non-hydrogen) atoms. The normalized spacial score (nSPS) is 14.9. The van der Waals surface area contributed by atoms with Gasteiger partial charge in [-0.25, -0.2) is 0 Å². The van der Waals surface area contributed by atoms with E-state index in [2.05, 4.69) is 28.9 Å². The van der Waals surface area contributed by atoms with Gasteiger partial charge < -0.3 is 24.1 Å². The lowest BCUT2D eigenvalue weighted by molar-refractivity contribution is -0.143. The molecule has 2 aromatic carbocycles. The number of carbonyl (C=O) groups excluding carboxylic acids is 2. The lowest BCUT2D eigenvalue weighted by Crippen LogP contribution is -2.18. The highest BCUT2D eigenvalue weighted by atomic mass is 16.5. The number of nitrogens with zero attached hydrogens (tertiary/aromatic N) is 1. The Morgan fingerprint density at radius 1 is 0.923 bits per heavy atom. The lowest BCUT2D eigenvalue weighted by atomic mass is 10.0. The van der Waals surface area contributed by atoms with Gasteiger partial charge in [0.25, 0.3) is 5.91 Å². The summed E-state index contributed by atoms with van der Waals surface area (Å²) in [5, 5.41) is 4.67.